The molecule has 0 aliphatic carbocycles. The number of amides is 2. The number of fused-ring (bicyclic) bond motifs is 1. The number of carbonyl (C=O) groups is 2. The van der Waals surface area contributed by atoms with Crippen LogP contribution in [0.2, 0.25) is 0 Å². The molecule has 7 nitrogen and oxygen atoms in total. The van der Waals surface area contributed by atoms with E-state index in [-0.39, 0.29) is 11.8 Å². The zero-order valence-corrected chi connectivity index (χ0v) is 21.2. The van der Waals surface area contributed by atoms with Gasteiger partial charge in [0.15, 0.2) is 11.5 Å². The van der Waals surface area contributed by atoms with E-state index in [9.17, 15) is 9.59 Å². The van der Waals surface area contributed by atoms with Crippen LogP contribution in [-0.2, 0) is 4.79 Å². The summed E-state index contributed by atoms with van der Waals surface area (Å²) in [6.45, 7) is 2.41. The summed E-state index contributed by atoms with van der Waals surface area (Å²) in [6, 6.07) is 18.9. The molecule has 37 heavy (non-hydrogen) atoms. The second-order valence-corrected chi connectivity index (χ2v) is 9.30. The molecule has 2 atom stereocenters. The number of piperazine rings is 1. The topological polar surface area (TPSA) is 62.3 Å². The Kier molecular flexibility index (Phi) is 6.74. The molecular weight excluding hydrogens is 473 g/mol. The maximum atomic E-state index is 15.1. The average Bonchev–Trinajstić information content (AvgIpc) is 2.95. The van der Waals surface area contributed by atoms with E-state index in [0.717, 1.165) is 5.69 Å². The first-order valence-electron chi connectivity index (χ1n) is 12.3. The van der Waals surface area contributed by atoms with Crippen molar-refractivity contribution in [3.05, 3.63) is 89.2 Å². The van der Waals surface area contributed by atoms with Gasteiger partial charge in [-0.3, -0.25) is 9.59 Å². The molecule has 2 heterocycles. The molecule has 1 fully saturated rings. The van der Waals surface area contributed by atoms with Crippen molar-refractivity contribution in [3.63, 3.8) is 0 Å². The number of hydrogen-bond donors (Lipinski definition) is 0. The largest absolute Gasteiger partial charge is 0.493 e. The van der Waals surface area contributed by atoms with Gasteiger partial charge in [0.1, 0.15) is 5.82 Å². The van der Waals surface area contributed by atoms with Crippen molar-refractivity contribution in [1.82, 2.24) is 9.80 Å². The van der Waals surface area contributed by atoms with Crippen molar-refractivity contribution in [2.75, 3.05) is 52.3 Å². The van der Waals surface area contributed by atoms with Crippen LogP contribution in [0.1, 0.15) is 33.4 Å². The molecular formula is C29H30FN3O4. The zero-order chi connectivity index (χ0) is 26.1. The molecule has 0 aromatic heterocycles. The number of anilines is 1. The molecule has 0 N–H and O–H groups in total. The van der Waals surface area contributed by atoms with Gasteiger partial charge >= 0.3 is 0 Å². The number of likely N-dealkylation sites (N-methyl/N-ethyl adjacent to an activating group) is 1. The van der Waals surface area contributed by atoms with Crippen LogP contribution in [0, 0.1) is 5.82 Å². The Morgan fingerprint density at radius 1 is 0.865 bits per heavy atom. The van der Waals surface area contributed by atoms with E-state index in [0.29, 0.717) is 54.4 Å². The maximum Gasteiger partial charge on any atom is 0.254 e. The van der Waals surface area contributed by atoms with Crippen molar-refractivity contribution < 1.29 is 23.5 Å². The number of rotatable bonds is 5. The van der Waals surface area contributed by atoms with E-state index in [1.807, 2.05) is 23.1 Å². The third-order valence-corrected chi connectivity index (χ3v) is 7.38. The number of ether oxygens (including phenoxy) is 2. The second-order valence-electron chi connectivity index (χ2n) is 9.30. The summed E-state index contributed by atoms with van der Waals surface area (Å²) in [5.41, 5.74) is 2.29. The third kappa shape index (κ3) is 4.37. The molecule has 3 aromatic rings. The summed E-state index contributed by atoms with van der Waals surface area (Å²) < 4.78 is 26.1. The Bertz CT molecular complexity index is 1310. The molecule has 0 radical (unpaired) electrons. The van der Waals surface area contributed by atoms with E-state index in [2.05, 4.69) is 17.0 Å². The van der Waals surface area contributed by atoms with Gasteiger partial charge in [-0.1, -0.05) is 36.4 Å². The van der Waals surface area contributed by atoms with Gasteiger partial charge in [0, 0.05) is 50.0 Å². The summed E-state index contributed by atoms with van der Waals surface area (Å²) in [7, 11) is 4.62. The van der Waals surface area contributed by atoms with E-state index < -0.39 is 17.8 Å². The minimum absolute atomic E-state index is 0.145. The van der Waals surface area contributed by atoms with Crippen LogP contribution in [0.4, 0.5) is 10.1 Å². The van der Waals surface area contributed by atoms with E-state index in [1.54, 1.807) is 37.4 Å². The lowest BCUT2D eigenvalue weighted by molar-refractivity contribution is -0.134. The predicted octanol–water partition coefficient (Wildman–Crippen LogP) is 4.10. The van der Waals surface area contributed by atoms with Crippen molar-refractivity contribution in [2.45, 2.75) is 12.0 Å². The van der Waals surface area contributed by atoms with Crippen LogP contribution >= 0.6 is 0 Å². The molecule has 0 unspecified atom stereocenters. The Morgan fingerprint density at radius 2 is 1.49 bits per heavy atom. The van der Waals surface area contributed by atoms with Crippen molar-refractivity contribution in [3.8, 4) is 11.5 Å². The van der Waals surface area contributed by atoms with Crippen LogP contribution in [0.15, 0.2) is 66.7 Å². The third-order valence-electron chi connectivity index (χ3n) is 7.38. The molecule has 192 valence electrons. The molecule has 8 heteroatoms. The van der Waals surface area contributed by atoms with Gasteiger partial charge in [-0.25, -0.2) is 4.39 Å². The molecule has 2 aliphatic heterocycles. The Balaban J connectivity index is 1.55. The van der Waals surface area contributed by atoms with Crippen molar-refractivity contribution >= 4 is 17.5 Å². The first-order chi connectivity index (χ1) is 17.9. The smallest absolute Gasteiger partial charge is 0.254 e. The van der Waals surface area contributed by atoms with E-state index in [1.165, 1.54) is 25.2 Å². The Labute approximate surface area is 216 Å². The number of nitrogens with zero attached hydrogens (tertiary/aromatic N) is 3. The predicted molar refractivity (Wildman–Crippen MR) is 139 cm³/mol. The van der Waals surface area contributed by atoms with Crippen LogP contribution in [-0.4, -0.2) is 69.1 Å². The van der Waals surface area contributed by atoms with Gasteiger partial charge in [0.25, 0.3) is 5.91 Å². The van der Waals surface area contributed by atoms with Crippen molar-refractivity contribution in [2.24, 2.45) is 0 Å². The molecule has 0 bridgehead atoms. The number of halogens is 1. The summed E-state index contributed by atoms with van der Waals surface area (Å²) in [5.74, 6) is -0.899. The van der Waals surface area contributed by atoms with Gasteiger partial charge in [-0.2, -0.15) is 0 Å². The van der Waals surface area contributed by atoms with Crippen LogP contribution in [0.25, 0.3) is 0 Å². The van der Waals surface area contributed by atoms with Gasteiger partial charge in [0.2, 0.25) is 5.91 Å². The molecule has 0 spiro atoms. The van der Waals surface area contributed by atoms with Crippen LogP contribution in [0.3, 0.4) is 0 Å². The van der Waals surface area contributed by atoms with Gasteiger partial charge in [-0.15, -0.1) is 0 Å². The van der Waals surface area contributed by atoms with Gasteiger partial charge in [-0.05, 0) is 35.9 Å². The van der Waals surface area contributed by atoms with Gasteiger partial charge in [0.05, 0.1) is 26.2 Å². The maximum absolute atomic E-state index is 15.1. The summed E-state index contributed by atoms with van der Waals surface area (Å²) in [5, 5.41) is 0. The highest BCUT2D eigenvalue weighted by atomic mass is 19.1. The highest BCUT2D eigenvalue weighted by Crippen LogP contribution is 2.46. The zero-order valence-electron chi connectivity index (χ0n) is 21.2. The molecule has 0 saturated carbocycles. The lowest BCUT2D eigenvalue weighted by Gasteiger charge is -2.43. The first kappa shape index (κ1) is 24.6. The number of methoxy groups -OCH3 is 2. The minimum Gasteiger partial charge on any atom is -0.493 e. The summed E-state index contributed by atoms with van der Waals surface area (Å²) >= 11 is 0. The van der Waals surface area contributed by atoms with E-state index >= 15 is 4.39 Å². The fraction of sp³-hybridized carbons (Fsp3) is 0.310. The lowest BCUT2D eigenvalue weighted by Crippen LogP contribution is -2.53. The number of carbonyl (C=O) groups excluding carboxylic acids is 2. The normalized spacial score (nSPS) is 19.5. The summed E-state index contributed by atoms with van der Waals surface area (Å²) in [6.07, 6.45) is 0. The Hall–Kier alpha value is -4.07. The average molecular weight is 504 g/mol. The van der Waals surface area contributed by atoms with Crippen LogP contribution < -0.4 is 14.4 Å². The molecule has 3 aromatic carbocycles. The molecule has 2 aliphatic rings. The monoisotopic (exact) mass is 503 g/mol. The van der Waals surface area contributed by atoms with Crippen molar-refractivity contribution in [1.29, 1.82) is 0 Å². The number of hydrogen-bond acceptors (Lipinski definition) is 5. The minimum atomic E-state index is -0.808. The summed E-state index contributed by atoms with van der Waals surface area (Å²) in [4.78, 5) is 33.3. The van der Waals surface area contributed by atoms with Crippen LogP contribution in [0.5, 0.6) is 11.5 Å². The fourth-order valence-electron chi connectivity index (χ4n) is 5.44. The standard InChI is InChI=1S/C29H30FN3O4/c1-31-27(20-11-7-8-12-23(20)30)26(21-17-24(36-2)25(37-3)18-22(21)28(31)34)29(35)33-15-13-32(14-16-33)19-9-5-4-6-10-19/h4-12,17-18,26-27H,13-16H2,1-3H3/t26-,27-/m0/s1. The molecule has 5 rings (SSSR count). The highest BCUT2D eigenvalue weighted by molar-refractivity contribution is 6.02. The second kappa shape index (κ2) is 10.1. The quantitative estimate of drug-likeness (QED) is 0.525. The first-order valence-corrected chi connectivity index (χ1v) is 12.3. The molecule has 2 amide bonds. The van der Waals surface area contributed by atoms with E-state index in [4.69, 9.17) is 9.47 Å². The fourth-order valence-corrected chi connectivity index (χ4v) is 5.44. The number of para-hydroxylation sites is 1. The molecule has 1 saturated heterocycles. The lowest BCUT2D eigenvalue weighted by atomic mass is 9.78. The van der Waals surface area contributed by atoms with Gasteiger partial charge < -0.3 is 24.2 Å². The number of benzene rings is 3. The Morgan fingerprint density at radius 3 is 2.14 bits per heavy atom. The highest BCUT2D eigenvalue weighted by Gasteiger charge is 2.46. The SMILES string of the molecule is COc1cc2c(cc1OC)[C@H](C(=O)N1CCN(c3ccccc3)CC1)[C@H](c1ccccc1F)N(C)C2=O.